The van der Waals surface area contributed by atoms with Crippen molar-refractivity contribution < 1.29 is 22.0 Å². The second-order valence-electron chi connectivity index (χ2n) is 6.33. The van der Waals surface area contributed by atoms with E-state index in [1.807, 2.05) is 0 Å². The third-order valence-corrected chi connectivity index (χ3v) is 7.19. The Labute approximate surface area is 183 Å². The first-order valence-electron chi connectivity index (χ1n) is 9.45. The zero-order valence-corrected chi connectivity index (χ0v) is 18.5. The van der Waals surface area contributed by atoms with Crippen LogP contribution in [-0.4, -0.2) is 47.7 Å². The molecule has 0 aliphatic rings. The summed E-state index contributed by atoms with van der Waals surface area (Å²) in [5, 5.41) is 10.7. The molecule has 0 saturated carbocycles. The lowest BCUT2D eigenvalue weighted by Gasteiger charge is -2.18. The highest BCUT2D eigenvalue weighted by Gasteiger charge is 2.21. The average molecular weight is 465 g/mol. The molecule has 1 N–H and O–H groups in total. The van der Waals surface area contributed by atoms with Crippen LogP contribution in [-0.2, 0) is 14.8 Å². The minimum atomic E-state index is -3.54. The van der Waals surface area contributed by atoms with Gasteiger partial charge in [-0.15, -0.1) is 10.2 Å². The van der Waals surface area contributed by atoms with Gasteiger partial charge in [0.05, 0.1) is 10.6 Å². The van der Waals surface area contributed by atoms with E-state index in [2.05, 4.69) is 15.5 Å². The van der Waals surface area contributed by atoms with Gasteiger partial charge in [0.15, 0.2) is 0 Å². The third kappa shape index (κ3) is 5.69. The van der Waals surface area contributed by atoms with Gasteiger partial charge >= 0.3 is 0 Å². The highest BCUT2D eigenvalue weighted by molar-refractivity contribution is 7.99. The van der Waals surface area contributed by atoms with Crippen LogP contribution in [0.1, 0.15) is 13.8 Å². The summed E-state index contributed by atoms with van der Waals surface area (Å²) in [7, 11) is -3.54. The van der Waals surface area contributed by atoms with Crippen molar-refractivity contribution in [3.63, 3.8) is 0 Å². The largest absolute Gasteiger partial charge is 0.411 e. The molecule has 31 heavy (non-hydrogen) atoms. The number of halogens is 1. The number of carbonyl (C=O) groups excluding carboxylic acids is 1. The van der Waals surface area contributed by atoms with Gasteiger partial charge in [0.2, 0.25) is 21.8 Å². The van der Waals surface area contributed by atoms with E-state index in [1.54, 1.807) is 26.0 Å². The van der Waals surface area contributed by atoms with Gasteiger partial charge < -0.3 is 9.73 Å². The monoisotopic (exact) mass is 464 g/mol. The molecule has 1 heterocycles. The molecule has 0 bridgehead atoms. The quantitative estimate of drug-likeness (QED) is 0.482. The van der Waals surface area contributed by atoms with Crippen molar-refractivity contribution >= 4 is 33.4 Å². The van der Waals surface area contributed by atoms with Crippen molar-refractivity contribution in [3.8, 4) is 11.5 Å². The highest BCUT2D eigenvalue weighted by atomic mass is 32.2. The smallest absolute Gasteiger partial charge is 0.277 e. The minimum absolute atomic E-state index is 0.0278. The van der Waals surface area contributed by atoms with Crippen LogP contribution in [0.15, 0.2) is 63.1 Å². The summed E-state index contributed by atoms with van der Waals surface area (Å²) in [5.74, 6) is -0.444. The number of hydrogen-bond donors (Lipinski definition) is 1. The normalized spacial score (nSPS) is 11.6. The number of sulfonamides is 1. The Kier molecular flexibility index (Phi) is 7.42. The van der Waals surface area contributed by atoms with E-state index in [0.717, 1.165) is 11.8 Å². The Bertz CT molecular complexity index is 1130. The summed E-state index contributed by atoms with van der Waals surface area (Å²) in [6, 6.07) is 11.6. The molecule has 2 aromatic carbocycles. The molecule has 0 aliphatic carbocycles. The zero-order chi connectivity index (χ0) is 22.4. The standard InChI is InChI=1S/C20H21FN4O4S2/c1-3-25(4-2)31(27,28)17-11-5-14(6-12-17)19-23-24-20(29-19)30-13-18(26)22-16-9-7-15(21)8-10-16/h5-12H,3-4,13H2,1-2H3,(H,22,26). The number of nitrogens with zero attached hydrogens (tertiary/aromatic N) is 3. The van der Waals surface area contributed by atoms with Crippen molar-refractivity contribution in [2.45, 2.75) is 24.0 Å². The molecule has 0 aliphatic heterocycles. The first kappa shape index (κ1) is 22.9. The van der Waals surface area contributed by atoms with Crippen molar-refractivity contribution in [1.29, 1.82) is 0 Å². The number of carbonyl (C=O) groups is 1. The van der Waals surface area contributed by atoms with Gasteiger partial charge in [0.25, 0.3) is 5.22 Å². The second kappa shape index (κ2) is 10.0. The van der Waals surface area contributed by atoms with E-state index in [1.165, 1.54) is 40.7 Å². The van der Waals surface area contributed by atoms with E-state index in [9.17, 15) is 17.6 Å². The van der Waals surface area contributed by atoms with Crippen LogP contribution in [0.25, 0.3) is 11.5 Å². The topological polar surface area (TPSA) is 105 Å². The van der Waals surface area contributed by atoms with E-state index < -0.39 is 10.0 Å². The molecule has 0 radical (unpaired) electrons. The van der Waals surface area contributed by atoms with Gasteiger partial charge in [-0.1, -0.05) is 25.6 Å². The Morgan fingerprint density at radius 1 is 1.06 bits per heavy atom. The molecule has 1 aromatic heterocycles. The molecule has 0 fully saturated rings. The Hall–Kier alpha value is -2.76. The lowest BCUT2D eigenvalue weighted by Crippen LogP contribution is -2.30. The lowest BCUT2D eigenvalue weighted by molar-refractivity contribution is -0.113. The first-order valence-corrected chi connectivity index (χ1v) is 11.9. The number of anilines is 1. The van der Waals surface area contributed by atoms with Crippen LogP contribution in [0.2, 0.25) is 0 Å². The molecule has 3 rings (SSSR count). The minimum Gasteiger partial charge on any atom is -0.411 e. The Morgan fingerprint density at radius 3 is 2.32 bits per heavy atom. The summed E-state index contributed by atoms with van der Waals surface area (Å²) < 4.78 is 45.0. The molecule has 0 atom stereocenters. The Morgan fingerprint density at radius 2 is 1.71 bits per heavy atom. The molecule has 1 amide bonds. The first-order chi connectivity index (χ1) is 14.8. The fraction of sp³-hybridized carbons (Fsp3) is 0.250. The summed E-state index contributed by atoms with van der Waals surface area (Å²) in [6.45, 7) is 4.35. The van der Waals surface area contributed by atoms with E-state index >= 15 is 0 Å². The van der Waals surface area contributed by atoms with Crippen LogP contribution < -0.4 is 5.32 Å². The predicted molar refractivity (Wildman–Crippen MR) is 116 cm³/mol. The number of aromatic nitrogens is 2. The fourth-order valence-corrected chi connectivity index (χ4v) is 4.75. The van der Waals surface area contributed by atoms with Crippen LogP contribution in [0.4, 0.5) is 10.1 Å². The highest BCUT2D eigenvalue weighted by Crippen LogP contribution is 2.25. The molecule has 164 valence electrons. The van der Waals surface area contributed by atoms with E-state index in [4.69, 9.17) is 4.42 Å². The van der Waals surface area contributed by atoms with Crippen molar-refractivity contribution in [2.24, 2.45) is 0 Å². The SMILES string of the molecule is CCN(CC)S(=O)(=O)c1ccc(-c2nnc(SCC(=O)Nc3ccc(F)cc3)o2)cc1. The van der Waals surface area contributed by atoms with Gasteiger partial charge in [-0.05, 0) is 48.5 Å². The van der Waals surface area contributed by atoms with E-state index in [-0.39, 0.29) is 33.5 Å². The summed E-state index contributed by atoms with van der Waals surface area (Å²) in [5.41, 5.74) is 1.05. The number of nitrogens with one attached hydrogen (secondary N) is 1. The zero-order valence-electron chi connectivity index (χ0n) is 16.9. The number of thioether (sulfide) groups is 1. The van der Waals surface area contributed by atoms with Crippen LogP contribution >= 0.6 is 11.8 Å². The lowest BCUT2D eigenvalue weighted by atomic mass is 10.2. The van der Waals surface area contributed by atoms with Gasteiger partial charge in [-0.2, -0.15) is 4.31 Å². The Balaban J connectivity index is 1.61. The van der Waals surface area contributed by atoms with Gasteiger partial charge in [0, 0.05) is 24.3 Å². The van der Waals surface area contributed by atoms with E-state index in [0.29, 0.717) is 24.3 Å². The average Bonchev–Trinajstić information content (AvgIpc) is 3.24. The summed E-state index contributed by atoms with van der Waals surface area (Å²) in [6.07, 6.45) is 0. The fourth-order valence-electron chi connectivity index (χ4n) is 2.72. The van der Waals surface area contributed by atoms with Crippen LogP contribution in [0, 0.1) is 5.82 Å². The maximum atomic E-state index is 12.9. The van der Waals surface area contributed by atoms with Crippen LogP contribution in [0.5, 0.6) is 0 Å². The maximum absolute atomic E-state index is 12.9. The maximum Gasteiger partial charge on any atom is 0.277 e. The van der Waals surface area contributed by atoms with Crippen molar-refractivity contribution in [2.75, 3.05) is 24.2 Å². The van der Waals surface area contributed by atoms with Gasteiger partial charge in [-0.3, -0.25) is 4.79 Å². The van der Waals surface area contributed by atoms with Crippen LogP contribution in [0.3, 0.4) is 0 Å². The molecule has 0 unspecified atom stereocenters. The number of hydrogen-bond acceptors (Lipinski definition) is 7. The molecule has 8 nitrogen and oxygen atoms in total. The number of rotatable bonds is 9. The molecular formula is C20H21FN4O4S2. The van der Waals surface area contributed by atoms with Crippen molar-refractivity contribution in [3.05, 3.63) is 54.3 Å². The van der Waals surface area contributed by atoms with Gasteiger partial charge in [-0.25, -0.2) is 12.8 Å². The van der Waals surface area contributed by atoms with Gasteiger partial charge in [0.1, 0.15) is 5.82 Å². The third-order valence-electron chi connectivity index (χ3n) is 4.31. The summed E-state index contributed by atoms with van der Waals surface area (Å²) >= 11 is 1.05. The summed E-state index contributed by atoms with van der Waals surface area (Å²) in [4.78, 5) is 12.2. The second-order valence-corrected chi connectivity index (χ2v) is 9.20. The molecule has 3 aromatic rings. The van der Waals surface area contributed by atoms with Crippen molar-refractivity contribution in [1.82, 2.24) is 14.5 Å². The predicted octanol–water partition coefficient (Wildman–Crippen LogP) is 3.64. The molecule has 11 heteroatoms. The molecule has 0 saturated heterocycles. The molecule has 0 spiro atoms. The molecular weight excluding hydrogens is 443 g/mol. The number of amides is 1. The number of benzene rings is 2.